The van der Waals surface area contributed by atoms with Gasteiger partial charge in [-0.05, 0) is 64.5 Å². The Balaban J connectivity index is 4.02. The molecule has 0 rings (SSSR count). The molecule has 0 spiro atoms. The van der Waals surface area contributed by atoms with E-state index < -0.39 is 12.6 Å². The van der Waals surface area contributed by atoms with Gasteiger partial charge in [-0.25, -0.2) is 0 Å². The number of rotatable bonds is 36. The SMILES string of the molecule is CCCCCCC(CCCC)C(O)OCCCCCCN(CCO)CCCCCCOC(O)C(CCCC)CCCCCC. The van der Waals surface area contributed by atoms with Crippen LogP contribution in [0.5, 0.6) is 0 Å². The number of aliphatic hydroxyl groups is 3. The maximum atomic E-state index is 10.6. The van der Waals surface area contributed by atoms with Crippen molar-refractivity contribution in [3.8, 4) is 0 Å². The van der Waals surface area contributed by atoms with Crippen LogP contribution in [0, 0.1) is 11.8 Å². The quantitative estimate of drug-likeness (QED) is 0.0473. The van der Waals surface area contributed by atoms with Crippen molar-refractivity contribution in [2.75, 3.05) is 39.5 Å². The van der Waals surface area contributed by atoms with Crippen LogP contribution < -0.4 is 0 Å². The van der Waals surface area contributed by atoms with E-state index in [1.165, 1.54) is 77.0 Å². The average molecular weight is 630 g/mol. The highest BCUT2D eigenvalue weighted by molar-refractivity contribution is 4.65. The van der Waals surface area contributed by atoms with Crippen molar-refractivity contribution in [3.05, 3.63) is 0 Å². The predicted molar refractivity (Wildman–Crippen MR) is 188 cm³/mol. The lowest BCUT2D eigenvalue weighted by molar-refractivity contribution is -0.139. The number of nitrogens with zero attached hydrogens (tertiary/aromatic N) is 1. The normalized spacial score (nSPS) is 14.7. The Labute approximate surface area is 275 Å². The molecule has 0 aliphatic heterocycles. The van der Waals surface area contributed by atoms with Crippen molar-refractivity contribution in [2.45, 2.75) is 194 Å². The first-order valence-electron chi connectivity index (χ1n) is 19.5. The highest BCUT2D eigenvalue weighted by Gasteiger charge is 2.20. The first-order chi connectivity index (χ1) is 21.5. The molecule has 6 heteroatoms. The van der Waals surface area contributed by atoms with Gasteiger partial charge in [0.15, 0.2) is 12.6 Å². The van der Waals surface area contributed by atoms with Crippen LogP contribution >= 0.6 is 0 Å². The molecule has 6 nitrogen and oxygen atoms in total. The molecule has 0 saturated heterocycles. The molecular weight excluding hydrogens is 550 g/mol. The average Bonchev–Trinajstić information content (AvgIpc) is 3.02. The van der Waals surface area contributed by atoms with Gasteiger partial charge in [0.2, 0.25) is 0 Å². The summed E-state index contributed by atoms with van der Waals surface area (Å²) in [7, 11) is 0. The van der Waals surface area contributed by atoms with E-state index in [0.717, 1.165) is 96.7 Å². The van der Waals surface area contributed by atoms with Gasteiger partial charge < -0.3 is 29.7 Å². The van der Waals surface area contributed by atoms with Crippen molar-refractivity contribution in [3.63, 3.8) is 0 Å². The standard InChI is InChI=1S/C38H79NO5/c1-5-9-13-19-27-35(25-11-7-3)37(41)43-33-23-17-15-21-29-39(31-32-40)30-22-16-18-24-34-44-38(42)36(26-12-8-4)28-20-14-10-6-2/h35-38,40-42H,5-34H2,1-4H3. The summed E-state index contributed by atoms with van der Waals surface area (Å²) in [6.45, 7) is 13.2. The highest BCUT2D eigenvalue weighted by atomic mass is 16.6. The molecule has 0 bridgehead atoms. The van der Waals surface area contributed by atoms with Gasteiger partial charge in [0.25, 0.3) is 0 Å². The van der Waals surface area contributed by atoms with Gasteiger partial charge in [-0.2, -0.15) is 0 Å². The molecule has 4 unspecified atom stereocenters. The third kappa shape index (κ3) is 26.9. The molecule has 0 saturated carbocycles. The van der Waals surface area contributed by atoms with Gasteiger partial charge in [-0.15, -0.1) is 0 Å². The maximum absolute atomic E-state index is 10.6. The molecule has 0 amide bonds. The molecule has 0 aliphatic carbocycles. The fourth-order valence-corrected chi connectivity index (χ4v) is 6.20. The molecule has 0 fully saturated rings. The Morgan fingerprint density at radius 1 is 0.432 bits per heavy atom. The van der Waals surface area contributed by atoms with E-state index in [2.05, 4.69) is 32.6 Å². The van der Waals surface area contributed by atoms with Gasteiger partial charge in [0, 0.05) is 31.6 Å². The van der Waals surface area contributed by atoms with Gasteiger partial charge in [0.05, 0.1) is 6.61 Å². The Hall–Kier alpha value is -0.240. The van der Waals surface area contributed by atoms with E-state index in [4.69, 9.17) is 9.47 Å². The van der Waals surface area contributed by atoms with Crippen molar-refractivity contribution in [2.24, 2.45) is 11.8 Å². The second-order valence-electron chi connectivity index (χ2n) is 13.4. The molecule has 44 heavy (non-hydrogen) atoms. The van der Waals surface area contributed by atoms with E-state index in [1.54, 1.807) is 0 Å². The van der Waals surface area contributed by atoms with E-state index in [9.17, 15) is 15.3 Å². The van der Waals surface area contributed by atoms with Crippen LogP contribution in [0.25, 0.3) is 0 Å². The molecule has 0 aromatic carbocycles. The first-order valence-corrected chi connectivity index (χ1v) is 19.5. The van der Waals surface area contributed by atoms with Crippen LogP contribution in [0.2, 0.25) is 0 Å². The van der Waals surface area contributed by atoms with Crippen LogP contribution in [0.1, 0.15) is 182 Å². The molecule has 266 valence electrons. The number of aliphatic hydroxyl groups excluding tert-OH is 3. The number of ether oxygens (including phenoxy) is 2. The third-order valence-corrected chi connectivity index (χ3v) is 9.25. The van der Waals surface area contributed by atoms with E-state index in [-0.39, 0.29) is 18.4 Å². The molecule has 0 heterocycles. The van der Waals surface area contributed by atoms with Crippen LogP contribution in [-0.4, -0.2) is 72.3 Å². The van der Waals surface area contributed by atoms with Crippen LogP contribution in [0.4, 0.5) is 0 Å². The topological polar surface area (TPSA) is 82.4 Å². The fourth-order valence-electron chi connectivity index (χ4n) is 6.20. The van der Waals surface area contributed by atoms with Crippen LogP contribution in [0.15, 0.2) is 0 Å². The Kier molecular flexibility index (Phi) is 33.9. The van der Waals surface area contributed by atoms with Crippen molar-refractivity contribution in [1.29, 1.82) is 0 Å². The fraction of sp³-hybridized carbons (Fsp3) is 1.00. The van der Waals surface area contributed by atoms with Gasteiger partial charge in [-0.3, -0.25) is 0 Å². The van der Waals surface area contributed by atoms with E-state index in [0.29, 0.717) is 13.2 Å². The zero-order chi connectivity index (χ0) is 32.5. The van der Waals surface area contributed by atoms with Crippen molar-refractivity contribution >= 4 is 0 Å². The lowest BCUT2D eigenvalue weighted by Crippen LogP contribution is -2.29. The Bertz CT molecular complexity index is 507. The van der Waals surface area contributed by atoms with Gasteiger partial charge in [-0.1, -0.05) is 130 Å². The molecule has 0 aliphatic rings. The predicted octanol–water partition coefficient (Wildman–Crippen LogP) is 9.63. The van der Waals surface area contributed by atoms with E-state index in [1.807, 2.05) is 0 Å². The van der Waals surface area contributed by atoms with Crippen LogP contribution in [0.3, 0.4) is 0 Å². The second kappa shape index (κ2) is 34.1. The summed E-state index contributed by atoms with van der Waals surface area (Å²) in [5.74, 6) is 0.567. The zero-order valence-electron chi connectivity index (χ0n) is 30.1. The minimum absolute atomic E-state index is 0.215. The molecule has 0 radical (unpaired) electrons. The summed E-state index contributed by atoms with van der Waals surface area (Å²) in [6.07, 6.45) is 26.6. The second-order valence-corrected chi connectivity index (χ2v) is 13.4. The number of hydrogen-bond acceptors (Lipinski definition) is 6. The lowest BCUT2D eigenvalue weighted by atomic mass is 9.94. The number of hydrogen-bond donors (Lipinski definition) is 3. The molecule has 0 aromatic rings. The van der Waals surface area contributed by atoms with E-state index >= 15 is 0 Å². The first kappa shape index (κ1) is 43.8. The molecule has 4 atom stereocenters. The monoisotopic (exact) mass is 630 g/mol. The largest absolute Gasteiger partial charge is 0.395 e. The maximum Gasteiger partial charge on any atom is 0.157 e. The van der Waals surface area contributed by atoms with Crippen molar-refractivity contribution in [1.82, 2.24) is 4.90 Å². The summed E-state index contributed by atoms with van der Waals surface area (Å²) < 4.78 is 11.7. The highest BCUT2D eigenvalue weighted by Crippen LogP contribution is 2.23. The van der Waals surface area contributed by atoms with Gasteiger partial charge >= 0.3 is 0 Å². The minimum Gasteiger partial charge on any atom is -0.395 e. The summed E-state index contributed by atoms with van der Waals surface area (Å²) in [4.78, 5) is 2.40. The van der Waals surface area contributed by atoms with Crippen molar-refractivity contribution < 1.29 is 24.8 Å². The summed E-state index contributed by atoms with van der Waals surface area (Å²) in [5, 5.41) is 30.8. The van der Waals surface area contributed by atoms with Gasteiger partial charge in [0.1, 0.15) is 0 Å². The lowest BCUT2D eigenvalue weighted by Gasteiger charge is -2.23. The summed E-state index contributed by atoms with van der Waals surface area (Å²) in [5.41, 5.74) is 0. The summed E-state index contributed by atoms with van der Waals surface area (Å²) >= 11 is 0. The zero-order valence-corrected chi connectivity index (χ0v) is 30.1. The summed E-state index contributed by atoms with van der Waals surface area (Å²) in [6, 6.07) is 0. The Morgan fingerprint density at radius 2 is 0.795 bits per heavy atom. The molecular formula is C38H79NO5. The minimum atomic E-state index is -0.608. The third-order valence-electron chi connectivity index (χ3n) is 9.25. The molecule has 0 aromatic heterocycles. The smallest absolute Gasteiger partial charge is 0.157 e. The Morgan fingerprint density at radius 3 is 1.18 bits per heavy atom. The number of unbranched alkanes of at least 4 members (excludes halogenated alkanes) is 14. The van der Waals surface area contributed by atoms with Crippen LogP contribution in [-0.2, 0) is 9.47 Å². The molecule has 3 N–H and O–H groups in total.